The van der Waals surface area contributed by atoms with Crippen LogP contribution >= 0.6 is 0 Å². The lowest BCUT2D eigenvalue weighted by molar-refractivity contribution is 1.40. The van der Waals surface area contributed by atoms with Crippen LogP contribution in [0, 0.1) is 11.3 Å². The Morgan fingerprint density at radius 2 is 1.12 bits per heavy atom. The van der Waals surface area contributed by atoms with Crippen molar-refractivity contribution in [3.8, 4) is 39.6 Å². The first-order valence-corrected chi connectivity index (χ1v) is 11.3. The summed E-state index contributed by atoms with van der Waals surface area (Å²) in [5, 5.41) is 13.2. The summed E-state index contributed by atoms with van der Waals surface area (Å²) in [4.78, 5) is 5.17. The fraction of sp³-hybridized carbons (Fsp3) is 0. The molecule has 5 aromatic carbocycles. The molecule has 0 atom stereocenters. The van der Waals surface area contributed by atoms with Crippen LogP contribution < -0.4 is 0 Å². The number of fused-ring (bicyclic) bond motifs is 3. The van der Waals surface area contributed by atoms with E-state index in [-0.39, 0.29) is 0 Å². The molecule has 1 aromatic heterocycles. The van der Waals surface area contributed by atoms with Gasteiger partial charge in [0.05, 0.1) is 22.8 Å². The minimum Gasteiger partial charge on any atom is -0.247 e. The molecule has 0 saturated heterocycles. The van der Waals surface area contributed by atoms with Crippen LogP contribution in [0.3, 0.4) is 0 Å². The van der Waals surface area contributed by atoms with Gasteiger partial charge in [0, 0.05) is 21.9 Å². The molecule has 0 amide bonds. The first-order valence-electron chi connectivity index (χ1n) is 11.3. The Hall–Kier alpha value is -4.74. The summed E-state index contributed by atoms with van der Waals surface area (Å²) in [7, 11) is 0. The lowest BCUT2D eigenvalue weighted by Crippen LogP contribution is -1.94. The average molecular weight is 433 g/mol. The molecule has 0 radical (unpaired) electrons. The highest BCUT2D eigenvalue weighted by Gasteiger charge is 2.17. The molecule has 6 rings (SSSR count). The average Bonchev–Trinajstić information content (AvgIpc) is 2.93. The van der Waals surface area contributed by atoms with E-state index in [1.54, 1.807) is 0 Å². The molecule has 0 N–H and O–H groups in total. The van der Waals surface area contributed by atoms with Crippen LogP contribution in [0.5, 0.6) is 0 Å². The van der Waals surface area contributed by atoms with Gasteiger partial charge < -0.3 is 0 Å². The standard InChI is InChI=1S/C32H20N2/c33-21-24-15-7-8-16-25(24)29-20-31(23-13-5-2-6-14-23)34-32-27-18-10-9-17-26(27)28(19-30(29)32)22-11-3-1-4-12-22/h1-20H. The Balaban J connectivity index is 1.79. The van der Waals surface area contributed by atoms with E-state index in [9.17, 15) is 5.26 Å². The van der Waals surface area contributed by atoms with Crippen LogP contribution in [0.1, 0.15) is 5.56 Å². The quantitative estimate of drug-likeness (QED) is 0.264. The highest BCUT2D eigenvalue weighted by molar-refractivity contribution is 6.16. The smallest absolute Gasteiger partial charge is 0.0998 e. The largest absolute Gasteiger partial charge is 0.247 e. The van der Waals surface area contributed by atoms with E-state index >= 15 is 0 Å². The maximum atomic E-state index is 9.88. The third-order valence-electron chi connectivity index (χ3n) is 6.31. The molecular weight excluding hydrogens is 412 g/mol. The molecule has 158 valence electrons. The summed E-state index contributed by atoms with van der Waals surface area (Å²) in [5.74, 6) is 0. The lowest BCUT2D eigenvalue weighted by Gasteiger charge is -2.16. The monoisotopic (exact) mass is 432 g/mol. The van der Waals surface area contributed by atoms with Crippen LogP contribution in [0.2, 0.25) is 0 Å². The lowest BCUT2D eigenvalue weighted by atomic mass is 9.90. The summed E-state index contributed by atoms with van der Waals surface area (Å²) in [6, 6.07) is 43.7. The van der Waals surface area contributed by atoms with Gasteiger partial charge in [0.1, 0.15) is 0 Å². The number of nitrogens with zero attached hydrogens (tertiary/aromatic N) is 2. The van der Waals surface area contributed by atoms with Crippen molar-refractivity contribution < 1.29 is 0 Å². The summed E-state index contributed by atoms with van der Waals surface area (Å²) in [5.41, 5.74) is 7.81. The molecule has 0 aliphatic heterocycles. The highest BCUT2D eigenvalue weighted by atomic mass is 14.7. The van der Waals surface area contributed by atoms with Crippen molar-refractivity contribution in [2.45, 2.75) is 0 Å². The SMILES string of the molecule is N#Cc1ccccc1-c1cc(-c2ccccc2)nc2c1cc(-c1ccccc1)c1ccccc12. The van der Waals surface area contributed by atoms with E-state index in [2.05, 4.69) is 78.9 Å². The molecule has 0 bridgehead atoms. The fourth-order valence-corrected chi connectivity index (χ4v) is 4.70. The Bertz CT molecular complexity index is 1700. The van der Waals surface area contributed by atoms with E-state index in [0.717, 1.165) is 49.8 Å². The van der Waals surface area contributed by atoms with Crippen molar-refractivity contribution in [3.63, 3.8) is 0 Å². The van der Waals surface area contributed by atoms with Crippen molar-refractivity contribution in [1.82, 2.24) is 4.98 Å². The van der Waals surface area contributed by atoms with Gasteiger partial charge >= 0.3 is 0 Å². The number of aromatic nitrogens is 1. The second kappa shape index (κ2) is 8.31. The van der Waals surface area contributed by atoms with Crippen LogP contribution in [0.15, 0.2) is 121 Å². The summed E-state index contributed by atoms with van der Waals surface area (Å²) < 4.78 is 0. The van der Waals surface area contributed by atoms with Crippen LogP contribution in [0.25, 0.3) is 55.2 Å². The molecule has 6 aromatic rings. The predicted molar refractivity (Wildman–Crippen MR) is 140 cm³/mol. The second-order valence-electron chi connectivity index (χ2n) is 8.31. The molecular formula is C32H20N2. The normalized spacial score (nSPS) is 10.9. The first kappa shape index (κ1) is 19.9. The zero-order valence-corrected chi connectivity index (χ0v) is 18.4. The van der Waals surface area contributed by atoms with Gasteiger partial charge in [0.15, 0.2) is 0 Å². The number of benzene rings is 5. The Morgan fingerprint density at radius 1 is 0.500 bits per heavy atom. The van der Waals surface area contributed by atoms with Crippen molar-refractivity contribution in [1.29, 1.82) is 5.26 Å². The summed E-state index contributed by atoms with van der Waals surface area (Å²) in [6.07, 6.45) is 0. The number of nitriles is 1. The van der Waals surface area contributed by atoms with Crippen LogP contribution in [0.4, 0.5) is 0 Å². The van der Waals surface area contributed by atoms with Crippen molar-refractivity contribution in [2.75, 3.05) is 0 Å². The maximum Gasteiger partial charge on any atom is 0.0998 e. The van der Waals surface area contributed by atoms with Crippen molar-refractivity contribution in [2.24, 2.45) is 0 Å². The fourth-order valence-electron chi connectivity index (χ4n) is 4.70. The van der Waals surface area contributed by atoms with Gasteiger partial charge in [-0.2, -0.15) is 5.26 Å². The third kappa shape index (κ3) is 3.32. The van der Waals surface area contributed by atoms with Crippen LogP contribution in [-0.4, -0.2) is 4.98 Å². The molecule has 0 fully saturated rings. The molecule has 1 heterocycles. The first-order chi connectivity index (χ1) is 16.8. The van der Waals surface area contributed by atoms with Crippen molar-refractivity contribution in [3.05, 3.63) is 127 Å². The molecule has 0 aliphatic rings. The zero-order valence-electron chi connectivity index (χ0n) is 18.4. The number of hydrogen-bond acceptors (Lipinski definition) is 2. The van der Waals surface area contributed by atoms with Gasteiger partial charge in [-0.05, 0) is 40.3 Å². The highest BCUT2D eigenvalue weighted by Crippen LogP contribution is 2.40. The predicted octanol–water partition coefficient (Wildman–Crippen LogP) is 8.26. The van der Waals surface area contributed by atoms with E-state index in [4.69, 9.17) is 4.98 Å². The zero-order chi connectivity index (χ0) is 22.9. The van der Waals surface area contributed by atoms with Gasteiger partial charge in [-0.1, -0.05) is 103 Å². The molecule has 0 spiro atoms. The summed E-state index contributed by atoms with van der Waals surface area (Å²) in [6.45, 7) is 0. The second-order valence-corrected chi connectivity index (χ2v) is 8.31. The molecule has 34 heavy (non-hydrogen) atoms. The van der Waals surface area contributed by atoms with E-state index in [1.807, 2.05) is 48.5 Å². The van der Waals surface area contributed by atoms with E-state index < -0.39 is 0 Å². The Labute approximate surface area is 198 Å². The minimum atomic E-state index is 0.656. The minimum absolute atomic E-state index is 0.656. The third-order valence-corrected chi connectivity index (χ3v) is 6.31. The van der Waals surface area contributed by atoms with Crippen LogP contribution in [-0.2, 0) is 0 Å². The number of hydrogen-bond donors (Lipinski definition) is 0. The number of pyridine rings is 1. The molecule has 0 aliphatic carbocycles. The van der Waals surface area contributed by atoms with Crippen molar-refractivity contribution >= 4 is 21.7 Å². The maximum absolute atomic E-state index is 9.88. The summed E-state index contributed by atoms with van der Waals surface area (Å²) >= 11 is 0. The van der Waals surface area contributed by atoms with Gasteiger partial charge in [-0.25, -0.2) is 4.98 Å². The van der Waals surface area contributed by atoms with Gasteiger partial charge in [0.25, 0.3) is 0 Å². The van der Waals surface area contributed by atoms with Gasteiger partial charge in [-0.3, -0.25) is 0 Å². The van der Waals surface area contributed by atoms with E-state index in [1.165, 1.54) is 5.39 Å². The molecule has 2 heteroatoms. The van der Waals surface area contributed by atoms with E-state index in [0.29, 0.717) is 5.56 Å². The Kier molecular flexibility index (Phi) is 4.87. The topological polar surface area (TPSA) is 36.7 Å². The number of rotatable bonds is 3. The van der Waals surface area contributed by atoms with Gasteiger partial charge in [0.2, 0.25) is 0 Å². The van der Waals surface area contributed by atoms with Gasteiger partial charge in [-0.15, -0.1) is 0 Å². The molecule has 0 saturated carbocycles. The molecule has 2 nitrogen and oxygen atoms in total. The molecule has 0 unspecified atom stereocenters. The Morgan fingerprint density at radius 3 is 1.85 bits per heavy atom.